The third-order valence-corrected chi connectivity index (χ3v) is 4.19. The second-order valence-corrected chi connectivity index (χ2v) is 5.77. The van der Waals surface area contributed by atoms with Crippen LogP contribution in [0.25, 0.3) is 10.8 Å². The quantitative estimate of drug-likeness (QED) is 0.861. The SMILES string of the molecule is O=C(O)CCC1CC(Cc2cccc3ccccc23)C(=O)O1. The highest BCUT2D eigenvalue weighted by Gasteiger charge is 2.34. The molecule has 1 aliphatic rings. The first-order chi connectivity index (χ1) is 10.6. The van der Waals surface area contributed by atoms with Crippen molar-refractivity contribution in [1.82, 2.24) is 0 Å². The average molecular weight is 298 g/mol. The molecule has 22 heavy (non-hydrogen) atoms. The molecule has 4 nitrogen and oxygen atoms in total. The van der Waals surface area contributed by atoms with Crippen molar-refractivity contribution >= 4 is 22.7 Å². The van der Waals surface area contributed by atoms with Crippen LogP contribution in [0.4, 0.5) is 0 Å². The van der Waals surface area contributed by atoms with Crippen LogP contribution in [0, 0.1) is 5.92 Å². The van der Waals surface area contributed by atoms with Crippen molar-refractivity contribution in [3.05, 3.63) is 48.0 Å². The molecule has 2 unspecified atom stereocenters. The molecule has 3 rings (SSSR count). The summed E-state index contributed by atoms with van der Waals surface area (Å²) in [5, 5.41) is 11.0. The van der Waals surface area contributed by atoms with Crippen molar-refractivity contribution in [1.29, 1.82) is 0 Å². The lowest BCUT2D eigenvalue weighted by molar-refractivity contribution is -0.146. The standard InChI is InChI=1S/C18H18O4/c19-17(20)9-8-15-11-14(18(21)22-15)10-13-6-3-5-12-4-1-2-7-16(12)13/h1-7,14-15H,8-11H2,(H,19,20). The van der Waals surface area contributed by atoms with Gasteiger partial charge in [-0.1, -0.05) is 42.5 Å². The van der Waals surface area contributed by atoms with Crippen LogP contribution in [0.15, 0.2) is 42.5 Å². The van der Waals surface area contributed by atoms with E-state index in [1.54, 1.807) is 0 Å². The molecule has 1 aliphatic heterocycles. The molecule has 0 saturated carbocycles. The maximum Gasteiger partial charge on any atom is 0.309 e. The van der Waals surface area contributed by atoms with Crippen LogP contribution in [0.5, 0.6) is 0 Å². The van der Waals surface area contributed by atoms with Gasteiger partial charge in [0.15, 0.2) is 0 Å². The molecule has 1 fully saturated rings. The van der Waals surface area contributed by atoms with E-state index in [2.05, 4.69) is 18.2 Å². The average Bonchev–Trinajstić information content (AvgIpc) is 2.86. The maximum absolute atomic E-state index is 12.0. The summed E-state index contributed by atoms with van der Waals surface area (Å²) in [5.41, 5.74) is 1.14. The number of cyclic esters (lactones) is 1. The Morgan fingerprint density at radius 2 is 1.95 bits per heavy atom. The molecule has 2 aromatic rings. The van der Waals surface area contributed by atoms with Gasteiger partial charge in [0.25, 0.3) is 0 Å². The molecule has 1 heterocycles. The van der Waals surface area contributed by atoms with E-state index in [-0.39, 0.29) is 24.4 Å². The van der Waals surface area contributed by atoms with Crippen LogP contribution < -0.4 is 0 Å². The Morgan fingerprint density at radius 1 is 1.18 bits per heavy atom. The number of rotatable bonds is 5. The van der Waals surface area contributed by atoms with E-state index in [0.717, 1.165) is 16.3 Å². The van der Waals surface area contributed by atoms with E-state index in [0.29, 0.717) is 19.3 Å². The topological polar surface area (TPSA) is 63.6 Å². The summed E-state index contributed by atoms with van der Waals surface area (Å²) in [5.74, 6) is -1.23. The Hall–Kier alpha value is -2.36. The van der Waals surface area contributed by atoms with Crippen molar-refractivity contribution in [2.45, 2.75) is 31.8 Å². The van der Waals surface area contributed by atoms with Gasteiger partial charge in [-0.2, -0.15) is 0 Å². The highest BCUT2D eigenvalue weighted by molar-refractivity contribution is 5.86. The Labute approximate surface area is 128 Å². The van der Waals surface area contributed by atoms with Gasteiger partial charge in [-0.05, 0) is 35.6 Å². The summed E-state index contributed by atoms with van der Waals surface area (Å²) < 4.78 is 5.31. The lowest BCUT2D eigenvalue weighted by Crippen LogP contribution is -2.10. The molecular weight excluding hydrogens is 280 g/mol. The number of fused-ring (bicyclic) bond motifs is 1. The molecular formula is C18H18O4. The van der Waals surface area contributed by atoms with Crippen LogP contribution >= 0.6 is 0 Å². The van der Waals surface area contributed by atoms with E-state index >= 15 is 0 Å². The van der Waals surface area contributed by atoms with Gasteiger partial charge < -0.3 is 9.84 Å². The van der Waals surface area contributed by atoms with E-state index in [9.17, 15) is 9.59 Å². The lowest BCUT2D eigenvalue weighted by Gasteiger charge is -2.09. The minimum absolute atomic E-state index is 0.0406. The third-order valence-electron chi connectivity index (χ3n) is 4.19. The summed E-state index contributed by atoms with van der Waals surface area (Å²) in [6, 6.07) is 14.2. The van der Waals surface area contributed by atoms with E-state index in [4.69, 9.17) is 9.84 Å². The second-order valence-electron chi connectivity index (χ2n) is 5.77. The highest BCUT2D eigenvalue weighted by atomic mass is 16.5. The molecule has 4 heteroatoms. The van der Waals surface area contributed by atoms with Crippen LogP contribution in [-0.4, -0.2) is 23.1 Å². The van der Waals surface area contributed by atoms with E-state index in [1.807, 2.05) is 24.3 Å². The predicted molar refractivity (Wildman–Crippen MR) is 82.5 cm³/mol. The van der Waals surface area contributed by atoms with Gasteiger partial charge in [0.05, 0.1) is 5.92 Å². The molecule has 0 aromatic heterocycles. The number of ether oxygens (including phenoxy) is 1. The third kappa shape index (κ3) is 3.11. The van der Waals surface area contributed by atoms with Crippen molar-refractivity contribution < 1.29 is 19.4 Å². The molecule has 0 bridgehead atoms. The first-order valence-corrected chi connectivity index (χ1v) is 7.52. The fourth-order valence-electron chi connectivity index (χ4n) is 3.09. The predicted octanol–water partition coefficient (Wildman–Crippen LogP) is 3.18. The number of carboxylic acid groups (broad SMARTS) is 1. The Kier molecular flexibility index (Phi) is 4.09. The number of hydrogen-bond donors (Lipinski definition) is 1. The Morgan fingerprint density at radius 3 is 2.77 bits per heavy atom. The summed E-state index contributed by atoms with van der Waals surface area (Å²) in [6.07, 6.45) is 1.43. The number of hydrogen-bond acceptors (Lipinski definition) is 3. The molecule has 0 aliphatic carbocycles. The smallest absolute Gasteiger partial charge is 0.309 e. The van der Waals surface area contributed by atoms with Crippen LogP contribution in [-0.2, 0) is 20.7 Å². The number of carbonyl (C=O) groups is 2. The zero-order valence-corrected chi connectivity index (χ0v) is 12.2. The maximum atomic E-state index is 12.0. The lowest BCUT2D eigenvalue weighted by atomic mass is 9.92. The van der Waals surface area contributed by atoms with Gasteiger partial charge in [0.1, 0.15) is 6.10 Å². The Balaban J connectivity index is 1.72. The molecule has 2 aromatic carbocycles. The minimum atomic E-state index is -0.853. The van der Waals surface area contributed by atoms with Gasteiger partial charge in [0.2, 0.25) is 0 Å². The van der Waals surface area contributed by atoms with Crippen molar-refractivity contribution in [2.24, 2.45) is 5.92 Å². The van der Waals surface area contributed by atoms with Crippen molar-refractivity contribution in [3.63, 3.8) is 0 Å². The number of benzene rings is 2. The molecule has 0 spiro atoms. The van der Waals surface area contributed by atoms with Crippen LogP contribution in [0.1, 0.15) is 24.8 Å². The van der Waals surface area contributed by atoms with Gasteiger partial charge in [0, 0.05) is 6.42 Å². The number of aliphatic carboxylic acids is 1. The number of carbonyl (C=O) groups excluding carboxylic acids is 1. The van der Waals surface area contributed by atoms with E-state index in [1.165, 1.54) is 0 Å². The Bertz CT molecular complexity index is 702. The number of esters is 1. The molecule has 1 N–H and O–H groups in total. The van der Waals surface area contributed by atoms with Gasteiger partial charge in [-0.15, -0.1) is 0 Å². The van der Waals surface area contributed by atoms with Crippen molar-refractivity contribution in [3.8, 4) is 0 Å². The summed E-state index contributed by atoms with van der Waals surface area (Å²) in [4.78, 5) is 22.6. The first kappa shape index (κ1) is 14.6. The summed E-state index contributed by atoms with van der Waals surface area (Å²) in [7, 11) is 0. The molecule has 0 radical (unpaired) electrons. The van der Waals surface area contributed by atoms with Crippen LogP contribution in [0.2, 0.25) is 0 Å². The van der Waals surface area contributed by atoms with Crippen LogP contribution in [0.3, 0.4) is 0 Å². The molecule has 0 amide bonds. The normalized spacial score (nSPS) is 21.0. The zero-order chi connectivity index (χ0) is 15.5. The fraction of sp³-hybridized carbons (Fsp3) is 0.333. The van der Waals surface area contributed by atoms with Crippen molar-refractivity contribution in [2.75, 3.05) is 0 Å². The minimum Gasteiger partial charge on any atom is -0.481 e. The van der Waals surface area contributed by atoms with Gasteiger partial charge >= 0.3 is 11.9 Å². The molecule has 1 saturated heterocycles. The monoisotopic (exact) mass is 298 g/mol. The zero-order valence-electron chi connectivity index (χ0n) is 12.2. The molecule has 114 valence electrons. The van der Waals surface area contributed by atoms with Gasteiger partial charge in [-0.25, -0.2) is 0 Å². The first-order valence-electron chi connectivity index (χ1n) is 7.52. The highest BCUT2D eigenvalue weighted by Crippen LogP contribution is 2.29. The summed E-state index contributed by atoms with van der Waals surface area (Å²) >= 11 is 0. The summed E-state index contributed by atoms with van der Waals surface area (Å²) in [6.45, 7) is 0. The fourth-order valence-corrected chi connectivity index (χ4v) is 3.09. The second kappa shape index (κ2) is 6.18. The van der Waals surface area contributed by atoms with Gasteiger partial charge in [-0.3, -0.25) is 9.59 Å². The number of carboxylic acids is 1. The largest absolute Gasteiger partial charge is 0.481 e. The molecule has 2 atom stereocenters. The van der Waals surface area contributed by atoms with E-state index < -0.39 is 5.97 Å².